The van der Waals surface area contributed by atoms with Gasteiger partial charge in [-0.25, -0.2) is 13.6 Å². The van der Waals surface area contributed by atoms with Gasteiger partial charge in [0.15, 0.2) is 0 Å². The minimum Gasteiger partial charge on any atom is -0.311 e. The molecule has 0 radical (unpaired) electrons. The van der Waals surface area contributed by atoms with Gasteiger partial charge in [-0.15, -0.1) is 12.4 Å². The van der Waals surface area contributed by atoms with Gasteiger partial charge in [-0.3, -0.25) is 0 Å². The highest BCUT2D eigenvalue weighted by molar-refractivity contribution is 7.89. The van der Waals surface area contributed by atoms with Gasteiger partial charge in [0.2, 0.25) is 10.0 Å². The molecule has 0 aromatic rings. The fourth-order valence-corrected chi connectivity index (χ4v) is 3.27. The quantitative estimate of drug-likeness (QED) is 0.660. The van der Waals surface area contributed by atoms with Crippen molar-refractivity contribution in [2.24, 2.45) is 5.14 Å². The van der Waals surface area contributed by atoms with Crippen LogP contribution in [0.4, 0.5) is 0 Å². The third-order valence-electron chi connectivity index (χ3n) is 2.89. The molecule has 0 aromatic heterocycles. The van der Waals surface area contributed by atoms with Crippen LogP contribution in [0.5, 0.6) is 0 Å². The first-order valence-electron chi connectivity index (χ1n) is 4.33. The highest BCUT2D eigenvalue weighted by atomic mass is 35.5. The van der Waals surface area contributed by atoms with Gasteiger partial charge in [0.1, 0.15) is 0 Å². The monoisotopic (exact) mass is 226 g/mol. The van der Waals surface area contributed by atoms with Crippen LogP contribution in [0.2, 0.25) is 0 Å². The molecular formula is C7H15ClN2O2S. The maximum atomic E-state index is 11.1. The molecule has 0 saturated carbocycles. The topological polar surface area (TPSA) is 72.2 Å². The van der Waals surface area contributed by atoms with Crippen LogP contribution in [0.15, 0.2) is 0 Å². The van der Waals surface area contributed by atoms with E-state index >= 15 is 0 Å². The first-order chi connectivity index (χ1) is 5.55. The van der Waals surface area contributed by atoms with Gasteiger partial charge in [0, 0.05) is 12.1 Å². The molecule has 0 aromatic carbocycles. The van der Waals surface area contributed by atoms with Gasteiger partial charge in [-0.2, -0.15) is 0 Å². The van der Waals surface area contributed by atoms with E-state index in [-0.39, 0.29) is 17.7 Å². The van der Waals surface area contributed by atoms with Crippen molar-refractivity contribution in [3.05, 3.63) is 0 Å². The number of hydrogen-bond donors (Lipinski definition) is 2. The summed E-state index contributed by atoms with van der Waals surface area (Å²) in [6, 6.07) is 0.791. The smallest absolute Gasteiger partial charge is 0.212 e. The lowest BCUT2D eigenvalue weighted by molar-refractivity contribution is 0.401. The van der Waals surface area contributed by atoms with Crippen LogP contribution in [0.1, 0.15) is 25.7 Å². The van der Waals surface area contributed by atoms with E-state index in [2.05, 4.69) is 5.32 Å². The van der Waals surface area contributed by atoms with Crippen molar-refractivity contribution >= 4 is 22.4 Å². The molecule has 2 rings (SSSR count). The summed E-state index contributed by atoms with van der Waals surface area (Å²) in [6.07, 6.45) is 3.62. The van der Waals surface area contributed by atoms with Crippen molar-refractivity contribution in [2.75, 3.05) is 0 Å². The minimum absolute atomic E-state index is 0. The molecule has 4 nitrogen and oxygen atoms in total. The predicted molar refractivity (Wildman–Crippen MR) is 53.3 cm³/mol. The van der Waals surface area contributed by atoms with Crippen molar-refractivity contribution in [1.82, 2.24) is 5.32 Å². The van der Waals surface area contributed by atoms with Gasteiger partial charge >= 0.3 is 0 Å². The van der Waals surface area contributed by atoms with Crippen molar-refractivity contribution < 1.29 is 8.42 Å². The minimum atomic E-state index is -3.29. The van der Waals surface area contributed by atoms with Gasteiger partial charge in [-0.05, 0) is 25.7 Å². The van der Waals surface area contributed by atoms with Crippen molar-refractivity contribution in [3.8, 4) is 0 Å². The maximum absolute atomic E-state index is 11.1. The van der Waals surface area contributed by atoms with Gasteiger partial charge in [-0.1, -0.05) is 0 Å². The number of sulfonamides is 1. The Morgan fingerprint density at radius 3 is 2.00 bits per heavy atom. The molecule has 6 heteroatoms. The average molecular weight is 227 g/mol. The summed E-state index contributed by atoms with van der Waals surface area (Å²) in [5.41, 5.74) is 0. The Bertz CT molecular complexity index is 268. The zero-order chi connectivity index (χ0) is 8.77. The summed E-state index contributed by atoms with van der Waals surface area (Å²) >= 11 is 0. The molecule has 0 spiro atoms. The van der Waals surface area contributed by atoms with Crippen LogP contribution < -0.4 is 10.5 Å². The lowest BCUT2D eigenvalue weighted by Gasteiger charge is -2.27. The van der Waals surface area contributed by atoms with Crippen molar-refractivity contribution in [1.29, 1.82) is 0 Å². The fourth-order valence-electron chi connectivity index (χ4n) is 2.27. The Hall–Kier alpha value is 0.160. The molecule has 3 N–H and O–H groups in total. The Balaban J connectivity index is 0.000000845. The fraction of sp³-hybridized carbons (Fsp3) is 1.00. The largest absolute Gasteiger partial charge is 0.311 e. The number of piperidine rings is 1. The van der Waals surface area contributed by atoms with Gasteiger partial charge < -0.3 is 5.32 Å². The van der Waals surface area contributed by atoms with Gasteiger partial charge in [0.25, 0.3) is 0 Å². The highest BCUT2D eigenvalue weighted by Crippen LogP contribution is 2.29. The first-order valence-corrected chi connectivity index (χ1v) is 5.94. The second kappa shape index (κ2) is 3.73. The molecule has 0 aliphatic carbocycles. The Morgan fingerprint density at radius 2 is 1.62 bits per heavy atom. The Kier molecular flexibility index (Phi) is 3.22. The van der Waals surface area contributed by atoms with E-state index in [1.54, 1.807) is 0 Å². The van der Waals surface area contributed by atoms with E-state index in [0.29, 0.717) is 24.9 Å². The van der Waals surface area contributed by atoms with E-state index in [9.17, 15) is 8.42 Å². The molecule has 2 saturated heterocycles. The van der Waals surface area contributed by atoms with Crippen LogP contribution in [0, 0.1) is 0 Å². The molecule has 2 heterocycles. The second-order valence-corrected chi connectivity index (χ2v) is 5.67. The van der Waals surface area contributed by atoms with Crippen LogP contribution in [0.25, 0.3) is 0 Å². The molecule has 2 aliphatic heterocycles. The summed E-state index contributed by atoms with van der Waals surface area (Å²) in [6.45, 7) is 0. The number of nitrogens with two attached hydrogens (primary N) is 1. The standard InChI is InChI=1S/C7H14N2O2S.ClH/c8-12(10,11)7-3-5-1-2-6(4-7)9-5;/h5-7,9H,1-4H2,(H2,8,10,11);1H/t5-,6+,7+;. The summed E-state index contributed by atoms with van der Waals surface area (Å²) in [4.78, 5) is 0. The third kappa shape index (κ3) is 2.34. The average Bonchev–Trinajstić information content (AvgIpc) is 2.28. The lowest BCUT2D eigenvalue weighted by Crippen LogP contribution is -2.45. The number of rotatable bonds is 1. The first kappa shape index (κ1) is 11.2. The summed E-state index contributed by atoms with van der Waals surface area (Å²) in [5.74, 6) is 0. The summed E-state index contributed by atoms with van der Waals surface area (Å²) in [7, 11) is -3.29. The number of hydrogen-bond acceptors (Lipinski definition) is 3. The number of primary sulfonamides is 1. The van der Waals surface area contributed by atoms with Crippen LogP contribution in [-0.4, -0.2) is 25.8 Å². The molecule has 13 heavy (non-hydrogen) atoms. The van der Waals surface area contributed by atoms with Crippen molar-refractivity contribution in [2.45, 2.75) is 43.0 Å². The number of nitrogens with one attached hydrogen (secondary N) is 1. The predicted octanol–water partition coefficient (Wildman–Crippen LogP) is -0.0203. The molecule has 0 amide bonds. The molecule has 3 atom stereocenters. The zero-order valence-electron chi connectivity index (χ0n) is 7.27. The maximum Gasteiger partial charge on any atom is 0.212 e. The lowest BCUT2D eigenvalue weighted by atomic mass is 10.1. The highest BCUT2D eigenvalue weighted by Gasteiger charge is 2.37. The second-order valence-electron chi connectivity index (χ2n) is 3.82. The zero-order valence-corrected chi connectivity index (χ0v) is 8.90. The molecular weight excluding hydrogens is 212 g/mol. The van der Waals surface area contributed by atoms with E-state index in [0.717, 1.165) is 12.8 Å². The van der Waals surface area contributed by atoms with E-state index < -0.39 is 10.0 Å². The SMILES string of the molecule is Cl.NS(=O)(=O)[C@H]1C[C@H]2CC[C@@H](C1)N2. The van der Waals surface area contributed by atoms with Crippen molar-refractivity contribution in [3.63, 3.8) is 0 Å². The Labute approximate surface area is 84.7 Å². The molecule has 2 fully saturated rings. The summed E-state index contributed by atoms with van der Waals surface area (Å²) in [5, 5.41) is 8.18. The van der Waals surface area contributed by atoms with Gasteiger partial charge in [0.05, 0.1) is 5.25 Å². The Morgan fingerprint density at radius 1 is 1.15 bits per heavy atom. The third-order valence-corrected chi connectivity index (χ3v) is 4.21. The molecule has 0 unspecified atom stereocenters. The van der Waals surface area contributed by atoms with Crippen LogP contribution >= 0.6 is 12.4 Å². The molecule has 2 bridgehead atoms. The summed E-state index contributed by atoms with van der Waals surface area (Å²) < 4.78 is 22.1. The molecule has 78 valence electrons. The van der Waals surface area contributed by atoms with E-state index in [4.69, 9.17) is 5.14 Å². The number of halogens is 1. The number of fused-ring (bicyclic) bond motifs is 2. The van der Waals surface area contributed by atoms with E-state index in [1.807, 2.05) is 0 Å². The van der Waals surface area contributed by atoms with Crippen LogP contribution in [-0.2, 0) is 10.0 Å². The van der Waals surface area contributed by atoms with Crippen LogP contribution in [0.3, 0.4) is 0 Å². The normalized spacial score (nSPS) is 38.4. The molecule has 2 aliphatic rings. The van der Waals surface area contributed by atoms with E-state index in [1.165, 1.54) is 0 Å².